The van der Waals surface area contributed by atoms with Crippen LogP contribution in [0.2, 0.25) is 0 Å². The molecule has 0 heterocycles. The predicted octanol–water partition coefficient (Wildman–Crippen LogP) is 2.82. The van der Waals surface area contributed by atoms with E-state index in [0.717, 1.165) is 6.42 Å². The molecule has 21 heavy (non-hydrogen) atoms. The normalized spacial score (nSPS) is 13.9. The second-order valence-electron chi connectivity index (χ2n) is 5.80. The van der Waals surface area contributed by atoms with E-state index < -0.39 is 0 Å². The number of carbonyl (C=O) groups excluding carboxylic acids is 1. The number of benzene rings is 2. The number of nitrogens with two attached hydrogens (primary N) is 1. The van der Waals surface area contributed by atoms with Gasteiger partial charge in [0.15, 0.2) is 0 Å². The molecular formula is C18H24N2O. The first-order valence-corrected chi connectivity index (χ1v) is 7.48. The lowest BCUT2D eigenvalue weighted by Crippen LogP contribution is -2.40. The lowest BCUT2D eigenvalue weighted by molar-refractivity contribution is -0.134. The van der Waals surface area contributed by atoms with Gasteiger partial charge in [0.2, 0.25) is 5.91 Å². The van der Waals surface area contributed by atoms with Crippen molar-refractivity contribution in [2.45, 2.75) is 26.3 Å². The maximum atomic E-state index is 12.2. The summed E-state index contributed by atoms with van der Waals surface area (Å²) in [6.45, 7) is 4.48. The highest BCUT2D eigenvalue weighted by molar-refractivity contribution is 5.85. The Morgan fingerprint density at radius 1 is 1.14 bits per heavy atom. The third kappa shape index (κ3) is 3.61. The molecule has 2 aromatic rings. The molecule has 0 aliphatic heterocycles. The van der Waals surface area contributed by atoms with Crippen LogP contribution in [0.15, 0.2) is 42.5 Å². The summed E-state index contributed by atoms with van der Waals surface area (Å²) in [4.78, 5) is 14.0. The number of rotatable bonds is 5. The van der Waals surface area contributed by atoms with Crippen molar-refractivity contribution in [1.82, 2.24) is 4.90 Å². The van der Waals surface area contributed by atoms with Gasteiger partial charge in [0.1, 0.15) is 0 Å². The van der Waals surface area contributed by atoms with Crippen molar-refractivity contribution in [2.75, 3.05) is 13.6 Å². The highest BCUT2D eigenvalue weighted by Crippen LogP contribution is 2.19. The van der Waals surface area contributed by atoms with Crippen LogP contribution < -0.4 is 5.73 Å². The second-order valence-corrected chi connectivity index (χ2v) is 5.80. The molecule has 2 atom stereocenters. The first-order valence-electron chi connectivity index (χ1n) is 7.48. The van der Waals surface area contributed by atoms with Crippen molar-refractivity contribution in [3.8, 4) is 0 Å². The van der Waals surface area contributed by atoms with E-state index in [1.807, 2.05) is 27.0 Å². The first kappa shape index (κ1) is 15.5. The molecule has 0 saturated carbocycles. The van der Waals surface area contributed by atoms with Gasteiger partial charge in [0.05, 0.1) is 5.92 Å². The molecule has 112 valence electrons. The van der Waals surface area contributed by atoms with Gasteiger partial charge in [-0.2, -0.15) is 0 Å². The minimum atomic E-state index is -0.137. The molecule has 0 spiro atoms. The molecule has 3 heteroatoms. The number of hydrogen-bond donors (Lipinski definition) is 1. The van der Waals surface area contributed by atoms with E-state index >= 15 is 0 Å². The zero-order chi connectivity index (χ0) is 15.4. The van der Waals surface area contributed by atoms with Crippen LogP contribution in [0.1, 0.15) is 19.4 Å². The number of amides is 1. The first-order chi connectivity index (χ1) is 10.0. The van der Waals surface area contributed by atoms with Crippen LogP contribution in [0.4, 0.5) is 0 Å². The summed E-state index contributed by atoms with van der Waals surface area (Å²) in [5.74, 6) is -0.0206. The number of fused-ring (bicyclic) bond motifs is 1. The molecule has 0 bridgehead atoms. The molecule has 2 unspecified atom stereocenters. The van der Waals surface area contributed by atoms with Crippen LogP contribution >= 0.6 is 0 Å². The highest BCUT2D eigenvalue weighted by Gasteiger charge is 2.20. The Bertz CT molecular complexity index is 616. The Labute approximate surface area is 126 Å². The van der Waals surface area contributed by atoms with Crippen LogP contribution in [0, 0.1) is 5.92 Å². The molecule has 0 fully saturated rings. The lowest BCUT2D eigenvalue weighted by Gasteiger charge is -2.23. The van der Waals surface area contributed by atoms with E-state index in [0.29, 0.717) is 6.54 Å². The van der Waals surface area contributed by atoms with E-state index in [9.17, 15) is 4.79 Å². The topological polar surface area (TPSA) is 46.3 Å². The molecule has 0 aliphatic carbocycles. The molecule has 0 saturated heterocycles. The molecule has 3 nitrogen and oxygen atoms in total. The standard InChI is InChI=1S/C18H24N2O/c1-13(14(2)19)18(21)20(3)12-11-16-9-6-8-15-7-4-5-10-17(15)16/h4-10,13-14H,11-12,19H2,1-3H3. The van der Waals surface area contributed by atoms with Crippen LogP contribution in [0.5, 0.6) is 0 Å². The molecule has 0 aromatic heterocycles. The van der Waals surface area contributed by atoms with E-state index in [-0.39, 0.29) is 17.9 Å². The van der Waals surface area contributed by atoms with Crippen molar-refractivity contribution >= 4 is 16.7 Å². The zero-order valence-corrected chi connectivity index (χ0v) is 13.0. The summed E-state index contributed by atoms with van der Waals surface area (Å²) in [5.41, 5.74) is 7.09. The van der Waals surface area contributed by atoms with E-state index in [1.165, 1.54) is 16.3 Å². The largest absolute Gasteiger partial charge is 0.345 e. The number of nitrogens with zero attached hydrogens (tertiary/aromatic N) is 1. The molecule has 2 N–H and O–H groups in total. The number of likely N-dealkylation sites (N-methyl/N-ethyl adjacent to an activating group) is 1. The maximum Gasteiger partial charge on any atom is 0.226 e. The van der Waals surface area contributed by atoms with Crippen molar-refractivity contribution in [2.24, 2.45) is 11.7 Å². The maximum absolute atomic E-state index is 12.2. The number of hydrogen-bond acceptors (Lipinski definition) is 2. The smallest absolute Gasteiger partial charge is 0.226 e. The van der Waals surface area contributed by atoms with Crippen LogP contribution in [-0.4, -0.2) is 30.4 Å². The van der Waals surface area contributed by atoms with Gasteiger partial charge >= 0.3 is 0 Å². The number of carbonyl (C=O) groups is 1. The average molecular weight is 284 g/mol. The Hall–Kier alpha value is -1.87. The summed E-state index contributed by atoms with van der Waals surface area (Å²) < 4.78 is 0. The van der Waals surface area contributed by atoms with Gasteiger partial charge in [0, 0.05) is 19.6 Å². The van der Waals surface area contributed by atoms with Gasteiger partial charge in [-0.15, -0.1) is 0 Å². The lowest BCUT2D eigenvalue weighted by atomic mass is 10.0. The van der Waals surface area contributed by atoms with E-state index in [4.69, 9.17) is 5.73 Å². The quantitative estimate of drug-likeness (QED) is 0.917. The zero-order valence-electron chi connectivity index (χ0n) is 13.0. The Kier molecular flexibility index (Phi) is 4.97. The van der Waals surface area contributed by atoms with Gasteiger partial charge in [-0.1, -0.05) is 49.4 Å². The Morgan fingerprint density at radius 2 is 1.81 bits per heavy atom. The minimum Gasteiger partial charge on any atom is -0.345 e. The Balaban J connectivity index is 2.07. The van der Waals surface area contributed by atoms with Crippen molar-refractivity contribution < 1.29 is 4.79 Å². The molecule has 2 aromatic carbocycles. The highest BCUT2D eigenvalue weighted by atomic mass is 16.2. The fraction of sp³-hybridized carbons (Fsp3) is 0.389. The monoisotopic (exact) mass is 284 g/mol. The van der Waals surface area contributed by atoms with Crippen molar-refractivity contribution in [3.63, 3.8) is 0 Å². The molecule has 1 amide bonds. The average Bonchev–Trinajstić information content (AvgIpc) is 2.50. The SMILES string of the molecule is CC(N)C(C)C(=O)N(C)CCc1cccc2ccccc12. The second kappa shape index (κ2) is 6.72. The summed E-state index contributed by atoms with van der Waals surface area (Å²) >= 11 is 0. The molecule has 0 aliphatic rings. The third-order valence-corrected chi connectivity index (χ3v) is 4.15. The van der Waals surface area contributed by atoms with Gasteiger partial charge in [-0.25, -0.2) is 0 Å². The van der Waals surface area contributed by atoms with E-state index in [2.05, 4.69) is 36.4 Å². The summed E-state index contributed by atoms with van der Waals surface area (Å²) in [7, 11) is 1.85. The van der Waals surface area contributed by atoms with Gasteiger partial charge in [0.25, 0.3) is 0 Å². The van der Waals surface area contributed by atoms with Gasteiger partial charge in [-0.05, 0) is 29.7 Å². The molecule has 2 rings (SSSR count). The summed E-state index contributed by atoms with van der Waals surface area (Å²) in [6, 6.07) is 14.6. The summed E-state index contributed by atoms with van der Waals surface area (Å²) in [6.07, 6.45) is 0.856. The van der Waals surface area contributed by atoms with E-state index in [1.54, 1.807) is 4.90 Å². The van der Waals surface area contributed by atoms with Crippen LogP contribution in [-0.2, 0) is 11.2 Å². The third-order valence-electron chi connectivity index (χ3n) is 4.15. The minimum absolute atomic E-state index is 0.113. The summed E-state index contributed by atoms with van der Waals surface area (Å²) in [5, 5.41) is 2.51. The molecule has 0 radical (unpaired) electrons. The fourth-order valence-electron chi connectivity index (χ4n) is 2.48. The van der Waals surface area contributed by atoms with Crippen LogP contribution in [0.3, 0.4) is 0 Å². The van der Waals surface area contributed by atoms with Crippen molar-refractivity contribution in [3.05, 3.63) is 48.0 Å². The van der Waals surface area contributed by atoms with Crippen molar-refractivity contribution in [1.29, 1.82) is 0 Å². The predicted molar refractivity (Wildman–Crippen MR) is 88.1 cm³/mol. The Morgan fingerprint density at radius 3 is 2.52 bits per heavy atom. The molecular weight excluding hydrogens is 260 g/mol. The van der Waals surface area contributed by atoms with Crippen LogP contribution in [0.25, 0.3) is 10.8 Å². The fourth-order valence-corrected chi connectivity index (χ4v) is 2.48. The van der Waals surface area contributed by atoms with Gasteiger partial charge in [-0.3, -0.25) is 4.79 Å². The van der Waals surface area contributed by atoms with Gasteiger partial charge < -0.3 is 10.6 Å².